The van der Waals surface area contributed by atoms with Crippen LogP contribution in [0, 0.1) is 5.82 Å². The summed E-state index contributed by atoms with van der Waals surface area (Å²) in [5.74, 6) is 0.0950. The topological polar surface area (TPSA) is 64.6 Å². The third-order valence-electron chi connectivity index (χ3n) is 3.34. The molecule has 0 aliphatic rings. The maximum atomic E-state index is 13.7. The zero-order chi connectivity index (χ0) is 18.4. The summed E-state index contributed by atoms with van der Waals surface area (Å²) in [6.07, 6.45) is 0. The van der Waals surface area contributed by atoms with Crippen LogP contribution in [0.25, 0.3) is 0 Å². The molecule has 25 heavy (non-hydrogen) atoms. The molecule has 2 rings (SSSR count). The molecule has 0 unspecified atom stereocenters. The molecule has 0 heterocycles. The molecule has 0 radical (unpaired) electrons. The van der Waals surface area contributed by atoms with Gasteiger partial charge in [0.1, 0.15) is 23.9 Å². The second-order valence-electron chi connectivity index (χ2n) is 5.46. The largest absolute Gasteiger partial charge is 0.497 e. The molecule has 0 saturated carbocycles. The lowest BCUT2D eigenvalue weighted by molar-refractivity contribution is 0.287. The molecule has 0 amide bonds. The van der Waals surface area contributed by atoms with Crippen molar-refractivity contribution >= 4 is 21.6 Å². The molecule has 5 nitrogen and oxygen atoms in total. The van der Waals surface area contributed by atoms with Crippen molar-refractivity contribution in [3.63, 3.8) is 0 Å². The molecule has 1 atom stereocenters. The summed E-state index contributed by atoms with van der Waals surface area (Å²) in [7, 11) is -2.20. The van der Waals surface area contributed by atoms with Crippen LogP contribution in [0.1, 0.15) is 12.5 Å². The molecule has 0 spiro atoms. The number of benzene rings is 2. The van der Waals surface area contributed by atoms with Crippen molar-refractivity contribution in [2.24, 2.45) is 0 Å². The van der Waals surface area contributed by atoms with Crippen molar-refractivity contribution in [3.8, 4) is 11.5 Å². The first kappa shape index (κ1) is 19.5. The van der Waals surface area contributed by atoms with E-state index in [1.165, 1.54) is 18.2 Å². The fraction of sp³-hybridized carbons (Fsp3) is 0.294. The van der Waals surface area contributed by atoms with Gasteiger partial charge in [-0.05, 0) is 43.3 Å². The first-order valence-corrected chi connectivity index (χ1v) is 9.53. The van der Waals surface area contributed by atoms with Gasteiger partial charge in [0.25, 0.3) is 0 Å². The minimum atomic E-state index is -3.77. The van der Waals surface area contributed by atoms with E-state index in [2.05, 4.69) is 4.72 Å². The Morgan fingerprint density at radius 3 is 2.40 bits per heavy atom. The highest BCUT2D eigenvalue weighted by atomic mass is 35.5. The van der Waals surface area contributed by atoms with E-state index in [1.807, 2.05) is 0 Å². The third-order valence-corrected chi connectivity index (χ3v) is 5.12. The fourth-order valence-electron chi connectivity index (χ4n) is 2.14. The maximum absolute atomic E-state index is 13.7. The molecule has 0 aliphatic carbocycles. The van der Waals surface area contributed by atoms with E-state index in [4.69, 9.17) is 21.1 Å². The highest BCUT2D eigenvalue weighted by Gasteiger charge is 2.19. The number of hydrogen-bond donors (Lipinski definition) is 1. The molecular formula is C17H19ClFNO4S. The molecule has 0 saturated heterocycles. The second kappa shape index (κ2) is 8.51. The minimum absolute atomic E-state index is 0.0556. The summed E-state index contributed by atoms with van der Waals surface area (Å²) >= 11 is 5.87. The molecule has 2 aromatic rings. The monoisotopic (exact) mass is 387 g/mol. The average Bonchev–Trinajstić information content (AvgIpc) is 2.56. The molecule has 2 aromatic carbocycles. The molecule has 0 bridgehead atoms. The smallest absolute Gasteiger partial charge is 0.216 e. The predicted octanol–water partition coefficient (Wildman–Crippen LogP) is 3.37. The summed E-state index contributed by atoms with van der Waals surface area (Å²) in [6.45, 7) is 1.78. The van der Waals surface area contributed by atoms with Gasteiger partial charge in [-0.1, -0.05) is 17.7 Å². The van der Waals surface area contributed by atoms with Crippen LogP contribution in [0.15, 0.2) is 42.5 Å². The fourth-order valence-corrected chi connectivity index (χ4v) is 3.88. The van der Waals surface area contributed by atoms with E-state index >= 15 is 0 Å². The molecule has 0 aromatic heterocycles. The molecule has 0 fully saturated rings. The summed E-state index contributed by atoms with van der Waals surface area (Å²) < 4.78 is 51.2. The van der Waals surface area contributed by atoms with Crippen molar-refractivity contribution in [2.75, 3.05) is 13.7 Å². The Morgan fingerprint density at radius 1 is 1.16 bits per heavy atom. The number of rotatable bonds is 8. The van der Waals surface area contributed by atoms with E-state index < -0.39 is 27.6 Å². The van der Waals surface area contributed by atoms with Crippen LogP contribution in [0.2, 0.25) is 5.02 Å². The first-order valence-electron chi connectivity index (χ1n) is 7.50. The lowest BCUT2D eigenvalue weighted by Gasteiger charge is -2.16. The van der Waals surface area contributed by atoms with Crippen molar-refractivity contribution in [3.05, 3.63) is 58.9 Å². The SMILES string of the molecule is COc1ccc(OC[C@@H](C)NS(=O)(=O)Cc2c(F)cccc2Cl)cc1. The first-order chi connectivity index (χ1) is 11.8. The molecule has 136 valence electrons. The van der Waals surface area contributed by atoms with Gasteiger partial charge >= 0.3 is 0 Å². The Bertz CT molecular complexity index is 792. The van der Waals surface area contributed by atoms with Crippen molar-refractivity contribution < 1.29 is 22.3 Å². The van der Waals surface area contributed by atoms with Gasteiger partial charge in [0, 0.05) is 10.6 Å². The van der Waals surface area contributed by atoms with Crippen molar-refractivity contribution in [1.29, 1.82) is 0 Å². The van der Waals surface area contributed by atoms with Crippen molar-refractivity contribution in [1.82, 2.24) is 4.72 Å². The van der Waals surface area contributed by atoms with E-state index in [1.54, 1.807) is 38.3 Å². The highest BCUT2D eigenvalue weighted by Crippen LogP contribution is 2.21. The van der Waals surface area contributed by atoms with Gasteiger partial charge < -0.3 is 9.47 Å². The normalized spacial score (nSPS) is 12.6. The van der Waals surface area contributed by atoms with E-state index in [0.717, 1.165) is 0 Å². The van der Waals surface area contributed by atoms with Crippen molar-refractivity contribution in [2.45, 2.75) is 18.7 Å². The number of ether oxygens (including phenoxy) is 2. The zero-order valence-electron chi connectivity index (χ0n) is 13.8. The van der Waals surface area contributed by atoms with Crippen LogP contribution in [-0.2, 0) is 15.8 Å². The number of hydrogen-bond acceptors (Lipinski definition) is 4. The number of nitrogens with one attached hydrogen (secondary N) is 1. The Balaban J connectivity index is 1.93. The van der Waals surface area contributed by atoms with Gasteiger partial charge in [0.05, 0.1) is 18.9 Å². The minimum Gasteiger partial charge on any atom is -0.497 e. The summed E-state index contributed by atoms with van der Waals surface area (Å²) in [6, 6.07) is 10.5. The quantitative estimate of drug-likeness (QED) is 0.754. The number of halogens is 2. The predicted molar refractivity (Wildman–Crippen MR) is 95.1 cm³/mol. The Hall–Kier alpha value is -1.83. The van der Waals surface area contributed by atoms with Crippen LogP contribution in [0.5, 0.6) is 11.5 Å². The van der Waals surface area contributed by atoms with E-state index in [0.29, 0.717) is 11.5 Å². The number of sulfonamides is 1. The summed E-state index contributed by atoms with van der Waals surface area (Å²) in [5.41, 5.74) is -0.0556. The zero-order valence-corrected chi connectivity index (χ0v) is 15.4. The summed E-state index contributed by atoms with van der Waals surface area (Å²) in [4.78, 5) is 0. The van der Waals surface area contributed by atoms with E-state index in [-0.39, 0.29) is 17.2 Å². The van der Waals surface area contributed by atoms with Crippen LogP contribution in [0.4, 0.5) is 4.39 Å². The van der Waals surface area contributed by atoms with Gasteiger partial charge in [-0.25, -0.2) is 17.5 Å². The Morgan fingerprint density at radius 2 is 1.80 bits per heavy atom. The Labute approximate surface area is 151 Å². The van der Waals surface area contributed by atoms with Gasteiger partial charge in [0.2, 0.25) is 10.0 Å². The van der Waals surface area contributed by atoms with Crippen LogP contribution in [-0.4, -0.2) is 28.2 Å². The third kappa shape index (κ3) is 5.88. The molecule has 0 aliphatic heterocycles. The second-order valence-corrected chi connectivity index (χ2v) is 7.63. The molecular weight excluding hydrogens is 369 g/mol. The Kier molecular flexibility index (Phi) is 6.64. The standard InChI is InChI=1S/C17H19ClFNO4S/c1-12(10-24-14-8-6-13(23-2)7-9-14)20-25(21,22)11-15-16(18)4-3-5-17(15)19/h3-9,12,20H,10-11H2,1-2H3/t12-/m1/s1. The molecule has 8 heteroatoms. The van der Waals surface area contributed by atoms with Crippen LogP contribution >= 0.6 is 11.6 Å². The van der Waals surface area contributed by atoms with Gasteiger partial charge in [-0.2, -0.15) is 0 Å². The van der Waals surface area contributed by atoms with Gasteiger partial charge in [-0.15, -0.1) is 0 Å². The lowest BCUT2D eigenvalue weighted by atomic mass is 10.2. The van der Waals surface area contributed by atoms with Crippen LogP contribution < -0.4 is 14.2 Å². The number of methoxy groups -OCH3 is 1. The van der Waals surface area contributed by atoms with Gasteiger partial charge in [-0.3, -0.25) is 0 Å². The average molecular weight is 388 g/mol. The van der Waals surface area contributed by atoms with Crippen LogP contribution in [0.3, 0.4) is 0 Å². The van der Waals surface area contributed by atoms with Gasteiger partial charge in [0.15, 0.2) is 0 Å². The highest BCUT2D eigenvalue weighted by molar-refractivity contribution is 7.88. The summed E-state index contributed by atoms with van der Waals surface area (Å²) in [5, 5.41) is 0.0764. The lowest BCUT2D eigenvalue weighted by Crippen LogP contribution is -2.37. The maximum Gasteiger partial charge on any atom is 0.216 e. The van der Waals surface area contributed by atoms with E-state index in [9.17, 15) is 12.8 Å². The molecule has 1 N–H and O–H groups in total.